The maximum atomic E-state index is 6.07. The minimum absolute atomic E-state index is 0.217. The number of hydrogen-bond acceptors (Lipinski definition) is 3. The van der Waals surface area contributed by atoms with Crippen molar-refractivity contribution in [2.24, 2.45) is 5.73 Å². The van der Waals surface area contributed by atoms with Crippen LogP contribution in [0, 0.1) is 0 Å². The molecular weight excluding hydrogens is 248 g/mol. The molecule has 110 valence electrons. The summed E-state index contributed by atoms with van der Waals surface area (Å²) in [7, 11) is 0. The number of nitrogens with two attached hydrogens (primary N) is 1. The summed E-state index contributed by atoms with van der Waals surface area (Å²) in [5.74, 6) is 0. The second-order valence-corrected chi connectivity index (χ2v) is 6.17. The predicted molar refractivity (Wildman–Crippen MR) is 81.7 cm³/mol. The van der Waals surface area contributed by atoms with Gasteiger partial charge in [-0.3, -0.25) is 4.90 Å². The zero-order chi connectivity index (χ0) is 13.9. The molecule has 2 heterocycles. The smallest absolute Gasteiger partial charge is 0.0954 e. The summed E-state index contributed by atoms with van der Waals surface area (Å²) in [6.45, 7) is 4.92. The van der Waals surface area contributed by atoms with Crippen LogP contribution in [0.3, 0.4) is 0 Å². The van der Waals surface area contributed by atoms with Gasteiger partial charge in [-0.2, -0.15) is 0 Å². The standard InChI is InChI=1S/C17H26N2O/c1-13-5-4-7-15(11-18)19(13)12-17-16-8-3-2-6-14(16)9-10-20-17/h2-3,6,8,13,15,17H,4-5,7,9-12,18H2,1H3. The van der Waals surface area contributed by atoms with E-state index in [0.717, 1.165) is 26.1 Å². The van der Waals surface area contributed by atoms with Crippen molar-refractivity contribution < 1.29 is 4.74 Å². The Balaban J connectivity index is 1.77. The van der Waals surface area contributed by atoms with Crippen molar-refractivity contribution in [1.82, 2.24) is 4.90 Å². The average molecular weight is 274 g/mol. The molecule has 0 radical (unpaired) electrons. The van der Waals surface area contributed by atoms with Gasteiger partial charge < -0.3 is 10.5 Å². The predicted octanol–water partition coefficient (Wildman–Crippen LogP) is 2.50. The summed E-state index contributed by atoms with van der Waals surface area (Å²) in [6, 6.07) is 9.87. The van der Waals surface area contributed by atoms with Gasteiger partial charge in [-0.25, -0.2) is 0 Å². The molecule has 0 spiro atoms. The molecule has 1 fully saturated rings. The van der Waals surface area contributed by atoms with Gasteiger partial charge in [0.2, 0.25) is 0 Å². The van der Waals surface area contributed by atoms with Crippen molar-refractivity contribution in [2.45, 2.75) is 50.8 Å². The second kappa shape index (κ2) is 6.25. The molecule has 2 aliphatic heterocycles. The molecule has 1 aromatic rings. The highest BCUT2D eigenvalue weighted by molar-refractivity contribution is 5.31. The van der Waals surface area contributed by atoms with Gasteiger partial charge in [0, 0.05) is 25.2 Å². The number of likely N-dealkylation sites (tertiary alicyclic amines) is 1. The first kappa shape index (κ1) is 14.1. The van der Waals surface area contributed by atoms with E-state index in [-0.39, 0.29) is 6.10 Å². The topological polar surface area (TPSA) is 38.5 Å². The number of fused-ring (bicyclic) bond motifs is 1. The maximum Gasteiger partial charge on any atom is 0.0954 e. The van der Waals surface area contributed by atoms with Gasteiger partial charge in [0.1, 0.15) is 0 Å². The van der Waals surface area contributed by atoms with Crippen molar-refractivity contribution in [3.63, 3.8) is 0 Å². The number of nitrogens with zero attached hydrogens (tertiary/aromatic N) is 1. The highest BCUT2D eigenvalue weighted by Gasteiger charge is 2.31. The minimum Gasteiger partial charge on any atom is -0.372 e. The molecule has 2 aliphatic rings. The molecule has 3 nitrogen and oxygen atoms in total. The van der Waals surface area contributed by atoms with E-state index in [2.05, 4.69) is 36.1 Å². The van der Waals surface area contributed by atoms with E-state index in [1.54, 1.807) is 0 Å². The lowest BCUT2D eigenvalue weighted by molar-refractivity contribution is -0.0151. The van der Waals surface area contributed by atoms with Crippen LogP contribution in [0.2, 0.25) is 0 Å². The third kappa shape index (κ3) is 2.76. The first-order valence-electron chi connectivity index (χ1n) is 7.95. The van der Waals surface area contributed by atoms with E-state index in [0.29, 0.717) is 12.1 Å². The van der Waals surface area contributed by atoms with E-state index < -0.39 is 0 Å². The molecule has 0 aromatic heterocycles. The Morgan fingerprint density at radius 3 is 3.00 bits per heavy atom. The van der Waals surface area contributed by atoms with Crippen LogP contribution in [0.1, 0.15) is 43.4 Å². The molecule has 2 N–H and O–H groups in total. The molecule has 0 saturated carbocycles. The molecule has 3 atom stereocenters. The van der Waals surface area contributed by atoms with Crippen LogP contribution < -0.4 is 5.73 Å². The maximum absolute atomic E-state index is 6.07. The van der Waals surface area contributed by atoms with Crippen molar-refractivity contribution >= 4 is 0 Å². The van der Waals surface area contributed by atoms with E-state index in [1.165, 1.54) is 30.4 Å². The Bertz CT molecular complexity index is 448. The van der Waals surface area contributed by atoms with Crippen LogP contribution in [-0.2, 0) is 11.2 Å². The van der Waals surface area contributed by atoms with Crippen LogP contribution >= 0.6 is 0 Å². The lowest BCUT2D eigenvalue weighted by atomic mass is 9.93. The van der Waals surface area contributed by atoms with Gasteiger partial charge in [-0.1, -0.05) is 30.7 Å². The van der Waals surface area contributed by atoms with Gasteiger partial charge in [-0.05, 0) is 37.3 Å². The first-order valence-corrected chi connectivity index (χ1v) is 7.95. The molecule has 0 bridgehead atoms. The number of benzene rings is 1. The fraction of sp³-hybridized carbons (Fsp3) is 0.647. The molecule has 20 heavy (non-hydrogen) atoms. The molecule has 1 aromatic carbocycles. The van der Waals surface area contributed by atoms with E-state index >= 15 is 0 Å². The van der Waals surface area contributed by atoms with Crippen LogP contribution in [0.25, 0.3) is 0 Å². The summed E-state index contributed by atoms with van der Waals surface area (Å²) in [5, 5.41) is 0. The summed E-state index contributed by atoms with van der Waals surface area (Å²) >= 11 is 0. The monoisotopic (exact) mass is 274 g/mol. The SMILES string of the molecule is CC1CCCC(CN)N1CC1OCCc2ccccc21. The Morgan fingerprint density at radius 2 is 2.15 bits per heavy atom. The van der Waals surface area contributed by atoms with Gasteiger partial charge in [-0.15, -0.1) is 0 Å². The number of rotatable bonds is 3. The van der Waals surface area contributed by atoms with Crippen molar-refractivity contribution in [1.29, 1.82) is 0 Å². The van der Waals surface area contributed by atoms with E-state index in [1.807, 2.05) is 0 Å². The second-order valence-electron chi connectivity index (χ2n) is 6.17. The summed E-state index contributed by atoms with van der Waals surface area (Å²) in [5.41, 5.74) is 8.81. The summed E-state index contributed by atoms with van der Waals surface area (Å²) in [4.78, 5) is 2.58. The lowest BCUT2D eigenvalue weighted by Crippen LogP contribution is -2.50. The van der Waals surface area contributed by atoms with Gasteiger partial charge >= 0.3 is 0 Å². The fourth-order valence-corrected chi connectivity index (χ4v) is 3.74. The first-order chi connectivity index (χ1) is 9.79. The Hall–Kier alpha value is -0.900. The van der Waals surface area contributed by atoms with Crippen LogP contribution in [-0.4, -0.2) is 36.7 Å². The average Bonchev–Trinajstić information content (AvgIpc) is 2.49. The normalized spacial score (nSPS) is 31.0. The fourth-order valence-electron chi connectivity index (χ4n) is 3.74. The Kier molecular flexibility index (Phi) is 4.39. The van der Waals surface area contributed by atoms with Crippen LogP contribution in [0.15, 0.2) is 24.3 Å². The van der Waals surface area contributed by atoms with Crippen molar-refractivity contribution in [3.8, 4) is 0 Å². The quantitative estimate of drug-likeness (QED) is 0.920. The molecule has 0 amide bonds. The number of piperidine rings is 1. The zero-order valence-corrected chi connectivity index (χ0v) is 12.4. The minimum atomic E-state index is 0.217. The number of hydrogen-bond donors (Lipinski definition) is 1. The molecule has 3 heteroatoms. The largest absolute Gasteiger partial charge is 0.372 e. The lowest BCUT2D eigenvalue weighted by Gasteiger charge is -2.42. The molecule has 0 aliphatic carbocycles. The molecular formula is C17H26N2O. The third-order valence-electron chi connectivity index (χ3n) is 4.94. The van der Waals surface area contributed by atoms with Crippen molar-refractivity contribution in [3.05, 3.63) is 35.4 Å². The Labute approximate surface area is 122 Å². The molecule has 3 unspecified atom stereocenters. The van der Waals surface area contributed by atoms with Crippen LogP contribution in [0.5, 0.6) is 0 Å². The molecule has 3 rings (SSSR count). The van der Waals surface area contributed by atoms with Gasteiger partial charge in [0.15, 0.2) is 0 Å². The van der Waals surface area contributed by atoms with Gasteiger partial charge in [0.25, 0.3) is 0 Å². The summed E-state index contributed by atoms with van der Waals surface area (Å²) < 4.78 is 6.07. The Morgan fingerprint density at radius 1 is 1.30 bits per heavy atom. The number of ether oxygens (including phenoxy) is 1. The van der Waals surface area contributed by atoms with Gasteiger partial charge in [0.05, 0.1) is 12.7 Å². The summed E-state index contributed by atoms with van der Waals surface area (Å²) in [6.07, 6.45) is 5.08. The van der Waals surface area contributed by atoms with Crippen molar-refractivity contribution in [2.75, 3.05) is 19.7 Å². The highest BCUT2D eigenvalue weighted by Crippen LogP contribution is 2.31. The third-order valence-corrected chi connectivity index (χ3v) is 4.94. The zero-order valence-electron chi connectivity index (χ0n) is 12.4. The highest BCUT2D eigenvalue weighted by atomic mass is 16.5. The van der Waals surface area contributed by atoms with Crippen LogP contribution in [0.4, 0.5) is 0 Å². The molecule has 1 saturated heterocycles. The van der Waals surface area contributed by atoms with E-state index in [4.69, 9.17) is 10.5 Å². The van der Waals surface area contributed by atoms with E-state index in [9.17, 15) is 0 Å².